The fourth-order valence-electron chi connectivity index (χ4n) is 1.06. The highest BCUT2D eigenvalue weighted by atomic mass is 32.2. The Morgan fingerprint density at radius 3 is 2.33 bits per heavy atom. The van der Waals surface area contributed by atoms with Gasteiger partial charge < -0.3 is 4.74 Å². The maximum atomic E-state index is 10.9. The Morgan fingerprint density at radius 2 is 1.92 bits per heavy atom. The molecule has 5 heteroatoms. The average Bonchev–Trinajstić information content (AvgIpc) is 1.96. The molecule has 1 rings (SSSR count). The van der Waals surface area contributed by atoms with Crippen molar-refractivity contribution in [3.05, 3.63) is 0 Å². The molecule has 72 valence electrons. The van der Waals surface area contributed by atoms with Crippen molar-refractivity contribution in [1.82, 2.24) is 0 Å². The highest BCUT2D eigenvalue weighted by molar-refractivity contribution is 7.86. The lowest BCUT2D eigenvalue weighted by Crippen LogP contribution is -2.38. The first-order chi connectivity index (χ1) is 5.57. The molecule has 0 atom stereocenters. The van der Waals surface area contributed by atoms with Gasteiger partial charge in [-0.05, 0) is 6.92 Å². The Hall–Kier alpha value is -0.130. The van der Waals surface area contributed by atoms with Gasteiger partial charge in [-0.3, -0.25) is 4.18 Å². The SMILES string of the molecule is CCS(=O)(=O)OC1CC(OC)C1. The summed E-state index contributed by atoms with van der Waals surface area (Å²) < 4.78 is 31.7. The van der Waals surface area contributed by atoms with E-state index >= 15 is 0 Å². The van der Waals surface area contributed by atoms with Gasteiger partial charge in [0.25, 0.3) is 10.1 Å². The van der Waals surface area contributed by atoms with Crippen LogP contribution in [0.25, 0.3) is 0 Å². The number of rotatable bonds is 4. The minimum Gasteiger partial charge on any atom is -0.381 e. The van der Waals surface area contributed by atoms with Gasteiger partial charge >= 0.3 is 0 Å². The Kier molecular flexibility index (Phi) is 3.09. The lowest BCUT2D eigenvalue weighted by molar-refractivity contribution is -0.0353. The zero-order chi connectivity index (χ0) is 9.19. The minimum absolute atomic E-state index is 0.0428. The molecule has 0 spiro atoms. The normalized spacial score (nSPS) is 29.8. The second kappa shape index (κ2) is 3.72. The highest BCUT2D eigenvalue weighted by Gasteiger charge is 2.32. The first kappa shape index (κ1) is 9.95. The molecule has 1 aliphatic carbocycles. The van der Waals surface area contributed by atoms with Crippen LogP contribution in [-0.4, -0.2) is 33.5 Å². The van der Waals surface area contributed by atoms with Gasteiger partial charge in [0.05, 0.1) is 18.0 Å². The summed E-state index contributed by atoms with van der Waals surface area (Å²) in [6, 6.07) is 0. The summed E-state index contributed by atoms with van der Waals surface area (Å²) in [4.78, 5) is 0. The van der Waals surface area contributed by atoms with E-state index in [0.29, 0.717) is 12.8 Å². The largest absolute Gasteiger partial charge is 0.381 e. The van der Waals surface area contributed by atoms with E-state index in [1.54, 1.807) is 14.0 Å². The van der Waals surface area contributed by atoms with Crippen molar-refractivity contribution >= 4 is 10.1 Å². The zero-order valence-corrected chi connectivity index (χ0v) is 8.13. The minimum atomic E-state index is -3.27. The van der Waals surface area contributed by atoms with Crippen molar-refractivity contribution in [3.63, 3.8) is 0 Å². The molecular weight excluding hydrogens is 180 g/mol. The monoisotopic (exact) mass is 194 g/mol. The topological polar surface area (TPSA) is 52.6 Å². The van der Waals surface area contributed by atoms with Crippen LogP contribution in [0.4, 0.5) is 0 Å². The molecule has 12 heavy (non-hydrogen) atoms. The third-order valence-electron chi connectivity index (χ3n) is 2.02. The molecule has 0 bridgehead atoms. The summed E-state index contributed by atoms with van der Waals surface area (Å²) in [7, 11) is -1.65. The van der Waals surface area contributed by atoms with Crippen LogP contribution >= 0.6 is 0 Å². The number of hydrogen-bond acceptors (Lipinski definition) is 4. The Bertz CT molecular complexity index is 228. The molecule has 0 amide bonds. The van der Waals surface area contributed by atoms with Crippen LogP contribution in [0.1, 0.15) is 19.8 Å². The zero-order valence-electron chi connectivity index (χ0n) is 7.32. The first-order valence-electron chi connectivity index (χ1n) is 4.01. The molecule has 0 aromatic carbocycles. The van der Waals surface area contributed by atoms with E-state index in [4.69, 9.17) is 8.92 Å². The summed E-state index contributed by atoms with van der Waals surface area (Å²) in [5.41, 5.74) is 0. The van der Waals surface area contributed by atoms with Crippen LogP contribution in [0.2, 0.25) is 0 Å². The lowest BCUT2D eigenvalue weighted by Gasteiger charge is -2.32. The first-order valence-corrected chi connectivity index (χ1v) is 5.59. The van der Waals surface area contributed by atoms with Gasteiger partial charge in [0.2, 0.25) is 0 Å². The molecule has 1 fully saturated rings. The second-order valence-electron chi connectivity index (χ2n) is 2.89. The van der Waals surface area contributed by atoms with Crippen LogP contribution in [-0.2, 0) is 19.0 Å². The van der Waals surface area contributed by atoms with E-state index in [-0.39, 0.29) is 18.0 Å². The van der Waals surface area contributed by atoms with Crippen molar-refractivity contribution in [2.45, 2.75) is 32.0 Å². The van der Waals surface area contributed by atoms with Crippen molar-refractivity contribution in [2.75, 3.05) is 12.9 Å². The third-order valence-corrected chi connectivity index (χ3v) is 3.29. The van der Waals surface area contributed by atoms with E-state index in [9.17, 15) is 8.42 Å². The summed E-state index contributed by atoms with van der Waals surface area (Å²) in [6.45, 7) is 1.57. The van der Waals surface area contributed by atoms with Gasteiger partial charge in [-0.1, -0.05) is 0 Å². The van der Waals surface area contributed by atoms with Crippen molar-refractivity contribution < 1.29 is 17.3 Å². The quantitative estimate of drug-likeness (QED) is 0.613. The predicted octanol–water partition coefficient (Wildman–Crippen LogP) is 0.530. The van der Waals surface area contributed by atoms with Crippen molar-refractivity contribution in [2.24, 2.45) is 0 Å². The summed E-state index contributed by atoms with van der Waals surface area (Å²) in [6.07, 6.45) is 1.41. The molecule has 0 unspecified atom stereocenters. The Labute approximate surface area is 73.0 Å². The third kappa shape index (κ3) is 2.43. The van der Waals surface area contributed by atoms with E-state index in [2.05, 4.69) is 0 Å². The average molecular weight is 194 g/mol. The smallest absolute Gasteiger partial charge is 0.267 e. The van der Waals surface area contributed by atoms with Crippen LogP contribution in [0.15, 0.2) is 0 Å². The molecule has 0 saturated heterocycles. The van der Waals surface area contributed by atoms with Gasteiger partial charge in [0.1, 0.15) is 0 Å². The molecular formula is C7H14O4S. The molecule has 0 aromatic rings. The van der Waals surface area contributed by atoms with E-state index in [0.717, 1.165) is 0 Å². The van der Waals surface area contributed by atoms with Gasteiger partial charge in [0, 0.05) is 20.0 Å². The standard InChI is InChI=1S/C7H14O4S/c1-3-12(8,9)11-7-4-6(5-7)10-2/h6-7H,3-5H2,1-2H3. The summed E-state index contributed by atoms with van der Waals surface area (Å²) in [5, 5.41) is 0. The highest BCUT2D eigenvalue weighted by Crippen LogP contribution is 2.26. The van der Waals surface area contributed by atoms with Crippen LogP contribution in [0.5, 0.6) is 0 Å². The Morgan fingerprint density at radius 1 is 1.33 bits per heavy atom. The number of ether oxygens (including phenoxy) is 1. The van der Waals surface area contributed by atoms with Crippen LogP contribution in [0.3, 0.4) is 0 Å². The van der Waals surface area contributed by atoms with Crippen molar-refractivity contribution in [1.29, 1.82) is 0 Å². The van der Waals surface area contributed by atoms with Crippen LogP contribution in [0, 0.1) is 0 Å². The maximum absolute atomic E-state index is 10.9. The molecule has 1 aliphatic rings. The lowest BCUT2D eigenvalue weighted by atomic mass is 9.92. The van der Waals surface area contributed by atoms with Crippen molar-refractivity contribution in [3.8, 4) is 0 Å². The fourth-order valence-corrected chi connectivity index (χ4v) is 1.77. The van der Waals surface area contributed by atoms with Gasteiger partial charge in [0.15, 0.2) is 0 Å². The molecule has 0 N–H and O–H groups in total. The summed E-state index contributed by atoms with van der Waals surface area (Å²) >= 11 is 0. The van der Waals surface area contributed by atoms with Gasteiger partial charge in [-0.25, -0.2) is 0 Å². The van der Waals surface area contributed by atoms with E-state index < -0.39 is 10.1 Å². The van der Waals surface area contributed by atoms with Gasteiger partial charge in [-0.15, -0.1) is 0 Å². The maximum Gasteiger partial charge on any atom is 0.267 e. The Balaban J connectivity index is 2.28. The molecule has 0 aliphatic heterocycles. The fraction of sp³-hybridized carbons (Fsp3) is 1.00. The predicted molar refractivity (Wildman–Crippen MR) is 44.4 cm³/mol. The number of methoxy groups -OCH3 is 1. The summed E-state index contributed by atoms with van der Waals surface area (Å²) in [5.74, 6) is 0.0428. The molecule has 0 radical (unpaired) electrons. The van der Waals surface area contributed by atoms with E-state index in [1.807, 2.05) is 0 Å². The molecule has 4 nitrogen and oxygen atoms in total. The number of hydrogen-bond donors (Lipinski definition) is 0. The molecule has 0 heterocycles. The van der Waals surface area contributed by atoms with Crippen LogP contribution < -0.4 is 0 Å². The van der Waals surface area contributed by atoms with E-state index in [1.165, 1.54) is 0 Å². The second-order valence-corrected chi connectivity index (χ2v) is 4.78. The molecule has 1 saturated carbocycles. The molecule has 0 aromatic heterocycles. The van der Waals surface area contributed by atoms with Gasteiger partial charge in [-0.2, -0.15) is 8.42 Å².